The van der Waals surface area contributed by atoms with E-state index in [9.17, 15) is 0 Å². The Morgan fingerprint density at radius 1 is 1.21 bits per heavy atom. The van der Waals surface area contributed by atoms with Gasteiger partial charge in [-0.2, -0.15) is 0 Å². The molecule has 0 saturated carbocycles. The van der Waals surface area contributed by atoms with Crippen LogP contribution in [-0.4, -0.2) is 6.54 Å². The molecule has 0 aliphatic carbocycles. The smallest absolute Gasteiger partial charge is 0.0602 e. The minimum atomic E-state index is 0.114. The summed E-state index contributed by atoms with van der Waals surface area (Å²) in [5.41, 5.74) is 2.35. The second-order valence-electron chi connectivity index (χ2n) is 4.18. The highest BCUT2D eigenvalue weighted by atomic mass is 127. The number of hydrogen-bond donors (Lipinski definition) is 1. The molecule has 0 aliphatic rings. The standard InChI is InChI=1S/C15H14BrClIN/c1-2-19-15(11-5-3-4-6-13(11)17)12-9-10(16)7-8-14(12)18/h3-9,15,19H,2H2,1H3. The minimum absolute atomic E-state index is 0.114. The predicted molar refractivity (Wildman–Crippen MR) is 93.8 cm³/mol. The molecule has 2 aromatic rings. The van der Waals surface area contributed by atoms with Crippen LogP contribution in [0.5, 0.6) is 0 Å². The van der Waals surface area contributed by atoms with Crippen molar-refractivity contribution in [3.8, 4) is 0 Å². The third-order valence-electron chi connectivity index (χ3n) is 2.89. The Labute approximate surface area is 141 Å². The molecule has 0 amide bonds. The summed E-state index contributed by atoms with van der Waals surface area (Å²) in [7, 11) is 0. The molecular formula is C15H14BrClIN. The zero-order valence-electron chi connectivity index (χ0n) is 10.5. The average Bonchev–Trinajstić information content (AvgIpc) is 2.40. The molecule has 0 radical (unpaired) electrons. The Morgan fingerprint density at radius 2 is 1.95 bits per heavy atom. The fraction of sp³-hybridized carbons (Fsp3) is 0.200. The summed E-state index contributed by atoms with van der Waals surface area (Å²) in [5.74, 6) is 0. The van der Waals surface area contributed by atoms with E-state index in [-0.39, 0.29) is 6.04 Å². The molecule has 0 bridgehead atoms. The van der Waals surface area contributed by atoms with Crippen molar-refractivity contribution in [1.82, 2.24) is 5.32 Å². The largest absolute Gasteiger partial charge is 0.306 e. The van der Waals surface area contributed by atoms with Crippen LogP contribution in [0, 0.1) is 3.57 Å². The van der Waals surface area contributed by atoms with Crippen molar-refractivity contribution in [3.63, 3.8) is 0 Å². The van der Waals surface area contributed by atoms with E-state index in [0.717, 1.165) is 21.6 Å². The average molecular weight is 451 g/mol. The lowest BCUT2D eigenvalue weighted by Crippen LogP contribution is -2.23. The molecule has 0 aromatic heterocycles. The third kappa shape index (κ3) is 3.72. The van der Waals surface area contributed by atoms with Crippen LogP contribution < -0.4 is 5.32 Å². The molecule has 0 fully saturated rings. The van der Waals surface area contributed by atoms with E-state index in [1.807, 2.05) is 18.2 Å². The van der Waals surface area contributed by atoms with Gasteiger partial charge in [0.15, 0.2) is 0 Å². The topological polar surface area (TPSA) is 12.0 Å². The molecule has 2 aromatic carbocycles. The monoisotopic (exact) mass is 449 g/mol. The van der Waals surface area contributed by atoms with Crippen LogP contribution in [0.4, 0.5) is 0 Å². The van der Waals surface area contributed by atoms with E-state index in [0.29, 0.717) is 0 Å². The molecule has 0 heterocycles. The Balaban J connectivity index is 2.51. The van der Waals surface area contributed by atoms with Gasteiger partial charge in [0.2, 0.25) is 0 Å². The molecule has 0 saturated heterocycles. The van der Waals surface area contributed by atoms with Gasteiger partial charge in [0, 0.05) is 13.1 Å². The van der Waals surface area contributed by atoms with Gasteiger partial charge in [0.1, 0.15) is 0 Å². The number of halogens is 3. The number of hydrogen-bond acceptors (Lipinski definition) is 1. The van der Waals surface area contributed by atoms with Crippen LogP contribution in [0.1, 0.15) is 24.1 Å². The second kappa shape index (κ2) is 7.07. The van der Waals surface area contributed by atoms with E-state index >= 15 is 0 Å². The summed E-state index contributed by atoms with van der Waals surface area (Å²) in [6, 6.07) is 14.4. The van der Waals surface area contributed by atoms with Crippen molar-refractivity contribution in [2.45, 2.75) is 13.0 Å². The summed E-state index contributed by atoms with van der Waals surface area (Å²) >= 11 is 12.3. The van der Waals surface area contributed by atoms with E-state index in [4.69, 9.17) is 11.6 Å². The number of rotatable bonds is 4. The minimum Gasteiger partial charge on any atom is -0.306 e. The van der Waals surface area contributed by atoms with Gasteiger partial charge in [-0.15, -0.1) is 0 Å². The first kappa shape index (κ1) is 15.3. The third-order valence-corrected chi connectivity index (χ3v) is 4.71. The van der Waals surface area contributed by atoms with E-state index in [2.05, 4.69) is 75.0 Å². The lowest BCUT2D eigenvalue weighted by atomic mass is 9.98. The normalized spacial score (nSPS) is 12.4. The van der Waals surface area contributed by atoms with Crippen molar-refractivity contribution in [2.75, 3.05) is 6.54 Å². The Hall–Kier alpha value is -0.100. The lowest BCUT2D eigenvalue weighted by molar-refractivity contribution is 0.628. The lowest BCUT2D eigenvalue weighted by Gasteiger charge is -2.21. The first-order valence-corrected chi connectivity index (χ1v) is 8.31. The zero-order chi connectivity index (χ0) is 13.8. The van der Waals surface area contributed by atoms with Crippen LogP contribution in [-0.2, 0) is 0 Å². The summed E-state index contributed by atoms with van der Waals surface area (Å²) in [5, 5.41) is 4.31. The van der Waals surface area contributed by atoms with E-state index in [1.165, 1.54) is 9.13 Å². The van der Waals surface area contributed by atoms with Gasteiger partial charge < -0.3 is 5.32 Å². The Morgan fingerprint density at radius 3 is 2.63 bits per heavy atom. The van der Waals surface area contributed by atoms with Crippen LogP contribution >= 0.6 is 50.1 Å². The van der Waals surface area contributed by atoms with Crippen LogP contribution in [0.2, 0.25) is 5.02 Å². The maximum atomic E-state index is 6.34. The molecule has 4 heteroatoms. The van der Waals surface area contributed by atoms with Crippen molar-refractivity contribution in [2.24, 2.45) is 0 Å². The molecule has 1 unspecified atom stereocenters. The maximum Gasteiger partial charge on any atom is 0.0602 e. The first-order valence-electron chi connectivity index (χ1n) is 6.06. The highest BCUT2D eigenvalue weighted by Gasteiger charge is 2.18. The van der Waals surface area contributed by atoms with E-state index in [1.54, 1.807) is 0 Å². The molecule has 100 valence electrons. The van der Waals surface area contributed by atoms with Gasteiger partial charge in [-0.3, -0.25) is 0 Å². The summed E-state index contributed by atoms with van der Waals surface area (Å²) in [6.07, 6.45) is 0. The van der Waals surface area contributed by atoms with Crippen molar-refractivity contribution in [1.29, 1.82) is 0 Å². The molecule has 1 nitrogen and oxygen atoms in total. The summed E-state index contributed by atoms with van der Waals surface area (Å²) < 4.78 is 2.31. The molecular weight excluding hydrogens is 436 g/mol. The second-order valence-corrected chi connectivity index (χ2v) is 6.66. The molecule has 19 heavy (non-hydrogen) atoms. The van der Waals surface area contributed by atoms with Gasteiger partial charge >= 0.3 is 0 Å². The quantitative estimate of drug-likeness (QED) is 0.615. The number of nitrogens with one attached hydrogen (secondary N) is 1. The molecule has 0 spiro atoms. The van der Waals surface area contributed by atoms with Crippen LogP contribution in [0.25, 0.3) is 0 Å². The van der Waals surface area contributed by atoms with Crippen molar-refractivity contribution < 1.29 is 0 Å². The Bertz CT molecular complexity index is 574. The fourth-order valence-electron chi connectivity index (χ4n) is 2.04. The van der Waals surface area contributed by atoms with Crippen LogP contribution in [0.15, 0.2) is 46.9 Å². The first-order chi connectivity index (χ1) is 9.13. The predicted octanol–water partition coefficient (Wildman–Crippen LogP) is 5.41. The molecule has 1 atom stereocenters. The summed E-state index contributed by atoms with van der Waals surface area (Å²) in [6.45, 7) is 2.99. The highest BCUT2D eigenvalue weighted by molar-refractivity contribution is 14.1. The zero-order valence-corrected chi connectivity index (χ0v) is 15.0. The van der Waals surface area contributed by atoms with Gasteiger partial charge in [-0.1, -0.05) is 52.7 Å². The SMILES string of the molecule is CCNC(c1ccccc1Cl)c1cc(Br)ccc1I. The number of benzene rings is 2. The van der Waals surface area contributed by atoms with Gasteiger partial charge in [-0.05, 0) is 64.5 Å². The Kier molecular flexibility index (Phi) is 5.69. The molecule has 2 rings (SSSR count). The fourth-order valence-corrected chi connectivity index (χ4v) is 3.31. The highest BCUT2D eigenvalue weighted by Crippen LogP contribution is 2.32. The van der Waals surface area contributed by atoms with Gasteiger partial charge in [-0.25, -0.2) is 0 Å². The van der Waals surface area contributed by atoms with Gasteiger partial charge in [0.25, 0.3) is 0 Å². The maximum absolute atomic E-state index is 6.34. The van der Waals surface area contributed by atoms with E-state index < -0.39 is 0 Å². The summed E-state index contributed by atoms with van der Waals surface area (Å²) in [4.78, 5) is 0. The van der Waals surface area contributed by atoms with Gasteiger partial charge in [0.05, 0.1) is 6.04 Å². The molecule has 1 N–H and O–H groups in total. The molecule has 0 aliphatic heterocycles. The van der Waals surface area contributed by atoms with Crippen molar-refractivity contribution >= 4 is 50.1 Å². The van der Waals surface area contributed by atoms with Crippen LogP contribution in [0.3, 0.4) is 0 Å². The van der Waals surface area contributed by atoms with Crippen molar-refractivity contribution in [3.05, 3.63) is 66.7 Å².